The Bertz CT molecular complexity index is 379. The molecule has 0 radical (unpaired) electrons. The molecule has 0 amide bonds. The minimum atomic E-state index is -0.874. The van der Waals surface area contributed by atoms with Crippen molar-refractivity contribution in [2.75, 3.05) is 6.61 Å². The summed E-state index contributed by atoms with van der Waals surface area (Å²) in [4.78, 5) is 10.2. The molecule has 3 heteroatoms. The third kappa shape index (κ3) is 6.09. The van der Waals surface area contributed by atoms with Crippen LogP contribution in [-0.2, 0) is 11.2 Å². The Morgan fingerprint density at radius 1 is 1.28 bits per heavy atom. The van der Waals surface area contributed by atoms with E-state index in [1.165, 1.54) is 11.6 Å². The van der Waals surface area contributed by atoms with Gasteiger partial charge in [0.25, 0.3) is 0 Å². The lowest BCUT2D eigenvalue weighted by Gasteiger charge is -2.04. The summed E-state index contributed by atoms with van der Waals surface area (Å²) >= 11 is 0. The summed E-state index contributed by atoms with van der Waals surface area (Å²) in [5.74, 6) is 0.0344. The fourth-order valence-electron chi connectivity index (χ4n) is 1.69. The highest BCUT2D eigenvalue weighted by atomic mass is 16.5. The first-order valence-corrected chi connectivity index (χ1v) is 6.33. The van der Waals surface area contributed by atoms with E-state index < -0.39 is 5.97 Å². The zero-order valence-corrected chi connectivity index (χ0v) is 10.8. The molecule has 0 heterocycles. The van der Waals surface area contributed by atoms with E-state index in [2.05, 4.69) is 12.1 Å². The summed E-state index contributed by atoms with van der Waals surface area (Å²) in [6, 6.07) is 8.14. The number of aliphatic carboxylic acids is 1. The normalized spacial score (nSPS) is 10.7. The summed E-state index contributed by atoms with van der Waals surface area (Å²) in [6.45, 7) is 2.66. The van der Waals surface area contributed by atoms with Crippen LogP contribution in [0.5, 0.6) is 5.75 Å². The van der Waals surface area contributed by atoms with Crippen LogP contribution in [0.2, 0.25) is 0 Å². The number of aryl methyl sites for hydroxylation is 1. The molecule has 0 aromatic heterocycles. The molecule has 98 valence electrons. The Morgan fingerprint density at radius 2 is 2.00 bits per heavy atom. The van der Waals surface area contributed by atoms with E-state index in [-0.39, 0.29) is 0 Å². The van der Waals surface area contributed by atoms with E-state index in [4.69, 9.17) is 9.84 Å². The first kappa shape index (κ1) is 14.3. The average molecular weight is 248 g/mol. The maximum Gasteiger partial charge on any atom is 0.327 e. The SMILES string of the molecule is CCOc1ccc(CCCC/C=C/C(=O)O)cc1. The molecule has 1 aromatic carbocycles. The van der Waals surface area contributed by atoms with Crippen molar-refractivity contribution in [1.29, 1.82) is 0 Å². The number of hydrogen-bond donors (Lipinski definition) is 1. The van der Waals surface area contributed by atoms with Crippen LogP contribution in [0.25, 0.3) is 0 Å². The zero-order chi connectivity index (χ0) is 13.2. The van der Waals surface area contributed by atoms with Gasteiger partial charge in [-0.15, -0.1) is 0 Å². The van der Waals surface area contributed by atoms with Crippen molar-refractivity contribution in [3.05, 3.63) is 42.0 Å². The van der Waals surface area contributed by atoms with Gasteiger partial charge in [-0.25, -0.2) is 4.79 Å². The largest absolute Gasteiger partial charge is 0.494 e. The predicted octanol–water partition coefficient (Wildman–Crippen LogP) is 3.44. The summed E-state index contributed by atoms with van der Waals surface area (Å²) < 4.78 is 5.38. The first-order valence-electron chi connectivity index (χ1n) is 6.33. The number of rotatable bonds is 8. The number of ether oxygens (including phenoxy) is 1. The molecule has 18 heavy (non-hydrogen) atoms. The van der Waals surface area contributed by atoms with Gasteiger partial charge in [-0.3, -0.25) is 0 Å². The van der Waals surface area contributed by atoms with E-state index >= 15 is 0 Å². The molecular weight excluding hydrogens is 228 g/mol. The van der Waals surface area contributed by atoms with Gasteiger partial charge in [-0.05, 0) is 50.3 Å². The molecule has 1 aromatic rings. The molecule has 0 unspecified atom stereocenters. The van der Waals surface area contributed by atoms with Crippen LogP contribution in [0, 0.1) is 0 Å². The van der Waals surface area contributed by atoms with Crippen LogP contribution in [0.1, 0.15) is 31.7 Å². The van der Waals surface area contributed by atoms with Crippen molar-refractivity contribution < 1.29 is 14.6 Å². The van der Waals surface area contributed by atoms with Crippen LogP contribution in [0.3, 0.4) is 0 Å². The molecular formula is C15H20O3. The lowest BCUT2D eigenvalue weighted by Crippen LogP contribution is -1.92. The summed E-state index contributed by atoms with van der Waals surface area (Å²) in [5.41, 5.74) is 1.29. The number of benzene rings is 1. The van der Waals surface area contributed by atoms with Crippen LogP contribution < -0.4 is 4.74 Å². The van der Waals surface area contributed by atoms with Crippen LogP contribution in [0.15, 0.2) is 36.4 Å². The number of carbonyl (C=O) groups is 1. The Hall–Kier alpha value is -1.77. The molecule has 0 spiro atoms. The van der Waals surface area contributed by atoms with Crippen molar-refractivity contribution in [1.82, 2.24) is 0 Å². The predicted molar refractivity (Wildman–Crippen MR) is 71.9 cm³/mol. The molecule has 3 nitrogen and oxygen atoms in total. The van der Waals surface area contributed by atoms with Gasteiger partial charge in [0, 0.05) is 6.08 Å². The van der Waals surface area contributed by atoms with Gasteiger partial charge < -0.3 is 9.84 Å². The van der Waals surface area contributed by atoms with Crippen molar-refractivity contribution in [3.8, 4) is 5.75 Å². The molecule has 0 aliphatic carbocycles. The maximum absolute atomic E-state index is 10.2. The van der Waals surface area contributed by atoms with Crippen molar-refractivity contribution >= 4 is 5.97 Å². The van der Waals surface area contributed by atoms with E-state index in [1.807, 2.05) is 19.1 Å². The van der Waals surface area contributed by atoms with E-state index in [1.54, 1.807) is 6.08 Å². The second-order valence-corrected chi connectivity index (χ2v) is 4.06. The Kier molecular flexibility index (Phi) is 6.62. The molecule has 0 fully saturated rings. The van der Waals surface area contributed by atoms with Crippen LogP contribution in [-0.4, -0.2) is 17.7 Å². The second-order valence-electron chi connectivity index (χ2n) is 4.06. The summed E-state index contributed by atoms with van der Waals surface area (Å²) in [6.07, 6.45) is 6.84. The molecule has 1 N–H and O–H groups in total. The third-order valence-electron chi connectivity index (χ3n) is 2.58. The monoisotopic (exact) mass is 248 g/mol. The van der Waals surface area contributed by atoms with Crippen LogP contribution >= 0.6 is 0 Å². The lowest BCUT2D eigenvalue weighted by molar-refractivity contribution is -0.131. The zero-order valence-electron chi connectivity index (χ0n) is 10.8. The molecule has 0 aliphatic rings. The molecule has 0 aliphatic heterocycles. The summed E-state index contributed by atoms with van der Waals surface area (Å²) in [5, 5.41) is 8.42. The van der Waals surface area contributed by atoms with Gasteiger partial charge >= 0.3 is 5.97 Å². The average Bonchev–Trinajstić information content (AvgIpc) is 2.35. The number of allylic oxidation sites excluding steroid dienone is 1. The van der Waals surface area contributed by atoms with Gasteiger partial charge in [-0.1, -0.05) is 18.2 Å². The van der Waals surface area contributed by atoms with Gasteiger partial charge in [0.15, 0.2) is 0 Å². The van der Waals surface area contributed by atoms with Crippen molar-refractivity contribution in [2.45, 2.75) is 32.6 Å². The topological polar surface area (TPSA) is 46.5 Å². The Balaban J connectivity index is 2.21. The highest BCUT2D eigenvalue weighted by molar-refractivity contribution is 5.79. The number of carboxylic acids is 1. The summed E-state index contributed by atoms with van der Waals surface area (Å²) in [7, 11) is 0. The standard InChI is InChI=1S/C15H20O3/c1-2-18-14-11-9-13(10-12-14)7-5-3-4-6-8-15(16)17/h6,8-12H,2-5,7H2,1H3,(H,16,17)/b8-6+. The molecule has 0 saturated heterocycles. The second kappa shape index (κ2) is 8.34. The van der Waals surface area contributed by atoms with E-state index in [9.17, 15) is 4.79 Å². The van der Waals surface area contributed by atoms with E-state index in [0.29, 0.717) is 6.61 Å². The molecule has 1 rings (SSSR count). The smallest absolute Gasteiger partial charge is 0.327 e. The number of carboxylic acid groups (broad SMARTS) is 1. The minimum Gasteiger partial charge on any atom is -0.494 e. The Labute approximate surface area is 108 Å². The maximum atomic E-state index is 10.2. The van der Waals surface area contributed by atoms with Gasteiger partial charge in [0.1, 0.15) is 5.75 Å². The van der Waals surface area contributed by atoms with Gasteiger partial charge in [-0.2, -0.15) is 0 Å². The fourth-order valence-corrected chi connectivity index (χ4v) is 1.69. The molecule has 0 bridgehead atoms. The third-order valence-corrected chi connectivity index (χ3v) is 2.58. The highest BCUT2D eigenvalue weighted by Gasteiger charge is 1.95. The Morgan fingerprint density at radius 3 is 2.61 bits per heavy atom. The fraction of sp³-hybridized carbons (Fsp3) is 0.400. The lowest BCUT2D eigenvalue weighted by atomic mass is 10.1. The van der Waals surface area contributed by atoms with Crippen LogP contribution in [0.4, 0.5) is 0 Å². The minimum absolute atomic E-state index is 0.690. The number of hydrogen-bond acceptors (Lipinski definition) is 2. The number of unbranched alkanes of at least 4 members (excludes halogenated alkanes) is 2. The highest BCUT2D eigenvalue weighted by Crippen LogP contribution is 2.14. The van der Waals surface area contributed by atoms with Gasteiger partial charge in [0.05, 0.1) is 6.61 Å². The molecule has 0 saturated carbocycles. The van der Waals surface area contributed by atoms with E-state index in [0.717, 1.165) is 31.4 Å². The van der Waals surface area contributed by atoms with Crippen molar-refractivity contribution in [2.24, 2.45) is 0 Å². The quantitative estimate of drug-likeness (QED) is 0.566. The first-order chi connectivity index (χ1) is 8.72. The van der Waals surface area contributed by atoms with Gasteiger partial charge in [0.2, 0.25) is 0 Å². The molecule has 0 atom stereocenters. The van der Waals surface area contributed by atoms with Crippen molar-refractivity contribution in [3.63, 3.8) is 0 Å².